The molecule has 1 nitrogen and oxygen atoms in total. The van der Waals surface area contributed by atoms with Crippen molar-refractivity contribution in [1.82, 2.24) is 0 Å². The minimum absolute atomic E-state index is 0.630. The molecular weight excluding hydrogens is 263 g/mol. The highest BCUT2D eigenvalue weighted by Crippen LogP contribution is 2.32. The molecule has 0 spiro atoms. The van der Waals surface area contributed by atoms with Crippen LogP contribution in [-0.4, -0.2) is 7.05 Å². The van der Waals surface area contributed by atoms with E-state index in [-0.39, 0.29) is 0 Å². The molecule has 0 aliphatic rings. The van der Waals surface area contributed by atoms with Gasteiger partial charge in [-0.25, -0.2) is 0 Å². The lowest BCUT2D eigenvalue weighted by Crippen LogP contribution is -2.11. The maximum absolute atomic E-state index is 12.5. The van der Waals surface area contributed by atoms with Crippen LogP contribution in [0.2, 0.25) is 0 Å². The average Bonchev–Trinajstić information content (AvgIpc) is 2.36. The number of anilines is 2. The zero-order valence-corrected chi connectivity index (χ0v) is 11.6. The predicted octanol–water partition coefficient (Wildman–Crippen LogP) is 5.09. The molecule has 0 atom stereocenters. The van der Waals surface area contributed by atoms with Gasteiger partial charge in [-0.1, -0.05) is 6.07 Å². The maximum atomic E-state index is 12.5. The van der Waals surface area contributed by atoms with Crippen molar-refractivity contribution in [2.75, 3.05) is 11.9 Å². The van der Waals surface area contributed by atoms with E-state index in [4.69, 9.17) is 0 Å². The minimum Gasteiger partial charge on any atom is -0.345 e. The van der Waals surface area contributed by atoms with Gasteiger partial charge < -0.3 is 4.90 Å². The molecule has 2 aromatic carbocycles. The van der Waals surface area contributed by atoms with Crippen molar-refractivity contribution in [2.24, 2.45) is 0 Å². The largest absolute Gasteiger partial charge is 0.416 e. The number of rotatable bonds is 2. The molecule has 2 aromatic rings. The highest BCUT2D eigenvalue weighted by molar-refractivity contribution is 5.64. The molecule has 0 fully saturated rings. The Labute approximate surface area is 116 Å². The third kappa shape index (κ3) is 3.13. The highest BCUT2D eigenvalue weighted by Gasteiger charge is 2.30. The average molecular weight is 279 g/mol. The van der Waals surface area contributed by atoms with Crippen LogP contribution < -0.4 is 4.90 Å². The van der Waals surface area contributed by atoms with Crippen molar-refractivity contribution in [3.63, 3.8) is 0 Å². The van der Waals surface area contributed by atoms with Crippen molar-refractivity contribution in [1.29, 1.82) is 0 Å². The second-order valence-corrected chi connectivity index (χ2v) is 4.95. The molecule has 2 rings (SSSR count). The lowest BCUT2D eigenvalue weighted by Gasteiger charge is -2.21. The quantitative estimate of drug-likeness (QED) is 0.740. The summed E-state index contributed by atoms with van der Waals surface area (Å²) in [6.07, 6.45) is -4.29. The Bertz CT molecular complexity index is 580. The Morgan fingerprint density at radius 2 is 1.30 bits per heavy atom. The molecular formula is C16H16F3N. The summed E-state index contributed by atoms with van der Waals surface area (Å²) < 4.78 is 37.6. The fourth-order valence-electron chi connectivity index (χ4n) is 2.17. The molecule has 4 heteroatoms. The van der Waals surface area contributed by atoms with Gasteiger partial charge in [-0.15, -0.1) is 0 Å². The lowest BCUT2D eigenvalue weighted by molar-refractivity contribution is -0.137. The number of hydrogen-bond acceptors (Lipinski definition) is 1. The SMILES string of the molecule is Cc1cc(C)cc(N(C)c2ccc(C(F)(F)F)cc2)c1. The third-order valence-corrected chi connectivity index (χ3v) is 3.18. The monoisotopic (exact) mass is 279 g/mol. The van der Waals surface area contributed by atoms with E-state index in [1.54, 1.807) is 0 Å². The number of hydrogen-bond donors (Lipinski definition) is 0. The standard InChI is InChI=1S/C16H16F3N/c1-11-8-12(2)10-15(9-11)20(3)14-6-4-13(5-7-14)16(17,18)19/h4-10H,1-3H3. The van der Waals surface area contributed by atoms with Gasteiger partial charge >= 0.3 is 6.18 Å². The fourth-order valence-corrected chi connectivity index (χ4v) is 2.17. The Morgan fingerprint density at radius 1 is 0.800 bits per heavy atom. The van der Waals surface area contributed by atoms with Gasteiger partial charge in [0.2, 0.25) is 0 Å². The normalized spacial score (nSPS) is 11.5. The third-order valence-electron chi connectivity index (χ3n) is 3.18. The molecule has 0 saturated heterocycles. The minimum atomic E-state index is -4.29. The van der Waals surface area contributed by atoms with Crippen LogP contribution in [0.1, 0.15) is 16.7 Å². The molecule has 0 saturated carbocycles. The van der Waals surface area contributed by atoms with Crippen LogP contribution in [0, 0.1) is 13.8 Å². The van der Waals surface area contributed by atoms with Crippen molar-refractivity contribution in [3.8, 4) is 0 Å². The summed E-state index contributed by atoms with van der Waals surface area (Å²) in [7, 11) is 1.84. The molecule has 0 aliphatic heterocycles. The Balaban J connectivity index is 2.31. The van der Waals surface area contributed by atoms with E-state index in [2.05, 4.69) is 6.07 Å². The van der Waals surface area contributed by atoms with Crippen molar-refractivity contribution < 1.29 is 13.2 Å². The number of benzene rings is 2. The van der Waals surface area contributed by atoms with Gasteiger partial charge in [-0.2, -0.15) is 13.2 Å². The van der Waals surface area contributed by atoms with Crippen LogP contribution >= 0.6 is 0 Å². The zero-order valence-electron chi connectivity index (χ0n) is 11.6. The Kier molecular flexibility index (Phi) is 3.75. The van der Waals surface area contributed by atoms with Gasteiger partial charge in [0.15, 0.2) is 0 Å². The van der Waals surface area contributed by atoms with E-state index in [0.717, 1.165) is 34.6 Å². The van der Waals surface area contributed by atoms with Gasteiger partial charge in [0, 0.05) is 18.4 Å². The summed E-state index contributed by atoms with van der Waals surface area (Å²) >= 11 is 0. The molecule has 106 valence electrons. The molecule has 0 bridgehead atoms. The number of aryl methyl sites for hydroxylation is 2. The van der Waals surface area contributed by atoms with E-state index >= 15 is 0 Å². The summed E-state index contributed by atoms with van der Waals surface area (Å²) in [6, 6.07) is 11.3. The van der Waals surface area contributed by atoms with Crippen molar-refractivity contribution >= 4 is 11.4 Å². The summed E-state index contributed by atoms with van der Waals surface area (Å²) in [4.78, 5) is 1.88. The van der Waals surface area contributed by atoms with Crippen molar-refractivity contribution in [3.05, 3.63) is 59.2 Å². The second kappa shape index (κ2) is 5.19. The van der Waals surface area contributed by atoms with Crippen LogP contribution in [0.3, 0.4) is 0 Å². The first-order valence-corrected chi connectivity index (χ1v) is 6.26. The van der Waals surface area contributed by atoms with E-state index in [1.165, 1.54) is 12.1 Å². The number of nitrogens with zero attached hydrogens (tertiary/aromatic N) is 1. The number of halogens is 3. The van der Waals surface area contributed by atoms with Gasteiger partial charge in [0.25, 0.3) is 0 Å². The lowest BCUT2D eigenvalue weighted by atomic mass is 10.1. The van der Waals surface area contributed by atoms with Crippen LogP contribution in [-0.2, 0) is 6.18 Å². The van der Waals surface area contributed by atoms with Gasteiger partial charge in [0.05, 0.1) is 5.56 Å². The smallest absolute Gasteiger partial charge is 0.345 e. The van der Waals surface area contributed by atoms with E-state index in [1.807, 2.05) is 37.9 Å². The first-order chi connectivity index (χ1) is 9.27. The fraction of sp³-hybridized carbons (Fsp3) is 0.250. The Morgan fingerprint density at radius 3 is 1.75 bits per heavy atom. The van der Waals surface area contributed by atoms with Gasteiger partial charge in [-0.05, 0) is 61.4 Å². The van der Waals surface area contributed by atoms with E-state index in [0.29, 0.717) is 0 Å². The zero-order chi connectivity index (χ0) is 14.9. The van der Waals surface area contributed by atoms with Crippen LogP contribution in [0.4, 0.5) is 24.5 Å². The first-order valence-electron chi connectivity index (χ1n) is 6.26. The summed E-state index contributed by atoms with van der Waals surface area (Å²) in [5.74, 6) is 0. The summed E-state index contributed by atoms with van der Waals surface area (Å²) in [5, 5.41) is 0. The maximum Gasteiger partial charge on any atom is 0.416 e. The molecule has 0 radical (unpaired) electrons. The van der Waals surface area contributed by atoms with Crippen LogP contribution in [0.25, 0.3) is 0 Å². The molecule has 0 N–H and O–H groups in total. The van der Waals surface area contributed by atoms with Crippen LogP contribution in [0.15, 0.2) is 42.5 Å². The second-order valence-electron chi connectivity index (χ2n) is 4.95. The van der Waals surface area contributed by atoms with E-state index < -0.39 is 11.7 Å². The van der Waals surface area contributed by atoms with Gasteiger partial charge in [-0.3, -0.25) is 0 Å². The first kappa shape index (κ1) is 14.4. The molecule has 0 aliphatic carbocycles. The van der Waals surface area contributed by atoms with Gasteiger partial charge in [0.1, 0.15) is 0 Å². The molecule has 20 heavy (non-hydrogen) atoms. The van der Waals surface area contributed by atoms with Crippen LogP contribution in [0.5, 0.6) is 0 Å². The summed E-state index contributed by atoms with van der Waals surface area (Å²) in [5.41, 5.74) is 3.30. The topological polar surface area (TPSA) is 3.24 Å². The molecule has 0 unspecified atom stereocenters. The molecule has 0 aromatic heterocycles. The van der Waals surface area contributed by atoms with E-state index in [9.17, 15) is 13.2 Å². The van der Waals surface area contributed by atoms with Crippen molar-refractivity contribution in [2.45, 2.75) is 20.0 Å². The molecule has 0 heterocycles. The highest BCUT2D eigenvalue weighted by atomic mass is 19.4. The Hall–Kier alpha value is -1.97. The number of alkyl halides is 3. The predicted molar refractivity (Wildman–Crippen MR) is 75.4 cm³/mol. The molecule has 0 amide bonds. The summed E-state index contributed by atoms with van der Waals surface area (Å²) in [6.45, 7) is 3.99.